The van der Waals surface area contributed by atoms with Gasteiger partial charge in [-0.1, -0.05) is 12.1 Å². The van der Waals surface area contributed by atoms with Crippen LogP contribution in [0.25, 0.3) is 11.0 Å². The van der Waals surface area contributed by atoms with Crippen LogP contribution in [0.5, 0.6) is 0 Å². The van der Waals surface area contributed by atoms with Crippen molar-refractivity contribution in [3.8, 4) is 0 Å². The number of hydrogen-bond donors (Lipinski definition) is 1. The first-order valence-electron chi connectivity index (χ1n) is 4.73. The van der Waals surface area contributed by atoms with Crippen LogP contribution in [0.15, 0.2) is 22.6 Å². The second kappa shape index (κ2) is 3.52. The minimum absolute atomic E-state index is 0.0951. The standard InChI is InChI=1S/C11H10F3NO/c1-6-7-3-2-4-8(11(12,13)14)10(7)16-9(6)5-15/h2-4H,5,15H2,1H3. The van der Waals surface area contributed by atoms with E-state index in [0.717, 1.165) is 6.07 Å². The highest BCUT2D eigenvalue weighted by molar-refractivity contribution is 5.85. The summed E-state index contributed by atoms with van der Waals surface area (Å²) in [4.78, 5) is 0. The number of benzene rings is 1. The van der Waals surface area contributed by atoms with Gasteiger partial charge in [0.1, 0.15) is 11.3 Å². The van der Waals surface area contributed by atoms with Gasteiger partial charge >= 0.3 is 6.18 Å². The number of fused-ring (bicyclic) bond motifs is 1. The molecule has 0 fully saturated rings. The Labute approximate surface area is 89.8 Å². The van der Waals surface area contributed by atoms with E-state index >= 15 is 0 Å². The van der Waals surface area contributed by atoms with Crippen LogP contribution in [-0.4, -0.2) is 0 Å². The van der Waals surface area contributed by atoms with Crippen molar-refractivity contribution in [1.82, 2.24) is 0 Å². The minimum Gasteiger partial charge on any atom is -0.459 e. The molecule has 2 nitrogen and oxygen atoms in total. The molecule has 0 saturated carbocycles. The molecule has 0 saturated heterocycles. The number of hydrogen-bond acceptors (Lipinski definition) is 2. The molecule has 2 rings (SSSR count). The largest absolute Gasteiger partial charge is 0.459 e. The molecule has 16 heavy (non-hydrogen) atoms. The number of furan rings is 1. The van der Waals surface area contributed by atoms with E-state index in [1.165, 1.54) is 6.07 Å². The molecule has 86 valence electrons. The Hall–Kier alpha value is -1.49. The van der Waals surface area contributed by atoms with E-state index in [9.17, 15) is 13.2 Å². The van der Waals surface area contributed by atoms with Gasteiger partial charge in [-0.05, 0) is 18.6 Å². The van der Waals surface area contributed by atoms with Gasteiger partial charge in [-0.15, -0.1) is 0 Å². The average molecular weight is 229 g/mol. The number of rotatable bonds is 1. The third-order valence-electron chi connectivity index (χ3n) is 2.55. The summed E-state index contributed by atoms with van der Waals surface area (Å²) in [5.41, 5.74) is 5.18. The summed E-state index contributed by atoms with van der Waals surface area (Å²) >= 11 is 0. The Morgan fingerprint density at radius 1 is 1.31 bits per heavy atom. The number of alkyl halides is 3. The van der Waals surface area contributed by atoms with E-state index in [4.69, 9.17) is 10.2 Å². The van der Waals surface area contributed by atoms with Gasteiger partial charge in [-0.3, -0.25) is 0 Å². The number of aryl methyl sites for hydroxylation is 1. The van der Waals surface area contributed by atoms with Crippen molar-refractivity contribution in [2.45, 2.75) is 19.6 Å². The Morgan fingerprint density at radius 3 is 2.56 bits per heavy atom. The Bertz CT molecular complexity index is 528. The van der Waals surface area contributed by atoms with Gasteiger partial charge < -0.3 is 10.2 Å². The van der Waals surface area contributed by atoms with Crippen molar-refractivity contribution < 1.29 is 17.6 Å². The van der Waals surface area contributed by atoms with Crippen LogP contribution in [0.3, 0.4) is 0 Å². The van der Waals surface area contributed by atoms with E-state index < -0.39 is 11.7 Å². The lowest BCUT2D eigenvalue weighted by Crippen LogP contribution is -2.04. The van der Waals surface area contributed by atoms with Crippen molar-refractivity contribution >= 4 is 11.0 Å². The fourth-order valence-corrected chi connectivity index (χ4v) is 1.71. The first-order valence-corrected chi connectivity index (χ1v) is 4.73. The lowest BCUT2D eigenvalue weighted by molar-refractivity contribution is -0.136. The van der Waals surface area contributed by atoms with E-state index in [1.807, 2.05) is 0 Å². The molecule has 2 N–H and O–H groups in total. The van der Waals surface area contributed by atoms with Crippen LogP contribution in [0.1, 0.15) is 16.9 Å². The van der Waals surface area contributed by atoms with Gasteiger partial charge in [0.05, 0.1) is 12.1 Å². The number of nitrogens with two attached hydrogens (primary N) is 1. The zero-order chi connectivity index (χ0) is 11.9. The van der Waals surface area contributed by atoms with Crippen LogP contribution in [0.4, 0.5) is 13.2 Å². The van der Waals surface area contributed by atoms with Crippen LogP contribution in [0.2, 0.25) is 0 Å². The second-order valence-corrected chi connectivity index (χ2v) is 3.53. The van der Waals surface area contributed by atoms with Crippen molar-refractivity contribution in [2.75, 3.05) is 0 Å². The topological polar surface area (TPSA) is 39.2 Å². The molecular formula is C11H10F3NO. The van der Waals surface area contributed by atoms with Gasteiger partial charge in [-0.2, -0.15) is 13.2 Å². The number of halogens is 3. The Kier molecular flexibility index (Phi) is 2.42. The van der Waals surface area contributed by atoms with Crippen molar-refractivity contribution in [3.63, 3.8) is 0 Å². The summed E-state index contributed by atoms with van der Waals surface area (Å²) in [5, 5.41) is 0.468. The van der Waals surface area contributed by atoms with Gasteiger partial charge in [0.25, 0.3) is 0 Å². The van der Waals surface area contributed by atoms with Crippen molar-refractivity contribution in [3.05, 3.63) is 35.1 Å². The van der Waals surface area contributed by atoms with Crippen LogP contribution < -0.4 is 5.73 Å². The van der Waals surface area contributed by atoms with E-state index in [0.29, 0.717) is 16.7 Å². The van der Waals surface area contributed by atoms with E-state index in [-0.39, 0.29) is 12.1 Å². The normalized spacial score (nSPS) is 12.3. The van der Waals surface area contributed by atoms with Crippen molar-refractivity contribution in [1.29, 1.82) is 0 Å². The maximum atomic E-state index is 12.7. The zero-order valence-electron chi connectivity index (χ0n) is 8.56. The second-order valence-electron chi connectivity index (χ2n) is 3.53. The molecule has 0 spiro atoms. The molecule has 0 amide bonds. The first kappa shape index (κ1) is 11.0. The fraction of sp³-hybridized carbons (Fsp3) is 0.273. The maximum absolute atomic E-state index is 12.7. The van der Waals surface area contributed by atoms with E-state index in [1.54, 1.807) is 13.0 Å². The summed E-state index contributed by atoms with van der Waals surface area (Å²) in [7, 11) is 0. The molecular weight excluding hydrogens is 219 g/mol. The highest BCUT2D eigenvalue weighted by atomic mass is 19.4. The van der Waals surface area contributed by atoms with Crippen LogP contribution in [-0.2, 0) is 12.7 Å². The summed E-state index contributed by atoms with van der Waals surface area (Å²) < 4.78 is 43.2. The van der Waals surface area contributed by atoms with Crippen molar-refractivity contribution in [2.24, 2.45) is 5.73 Å². The molecule has 0 atom stereocenters. The maximum Gasteiger partial charge on any atom is 0.420 e. The van der Waals surface area contributed by atoms with Gasteiger partial charge in [0.15, 0.2) is 0 Å². The molecule has 2 aromatic rings. The predicted molar refractivity (Wildman–Crippen MR) is 53.8 cm³/mol. The molecule has 1 aromatic heterocycles. The first-order chi connectivity index (χ1) is 7.45. The predicted octanol–water partition coefficient (Wildman–Crippen LogP) is 3.22. The monoisotopic (exact) mass is 229 g/mol. The zero-order valence-corrected chi connectivity index (χ0v) is 8.56. The van der Waals surface area contributed by atoms with Crippen LogP contribution >= 0.6 is 0 Å². The quantitative estimate of drug-likeness (QED) is 0.815. The van der Waals surface area contributed by atoms with E-state index in [2.05, 4.69) is 0 Å². The molecule has 0 aliphatic carbocycles. The molecule has 0 aliphatic heterocycles. The molecule has 0 radical (unpaired) electrons. The Balaban J connectivity index is 2.79. The number of para-hydroxylation sites is 1. The summed E-state index contributed by atoms with van der Waals surface area (Å²) in [5.74, 6) is 0.395. The highest BCUT2D eigenvalue weighted by Crippen LogP contribution is 2.37. The van der Waals surface area contributed by atoms with Gasteiger partial charge in [0, 0.05) is 5.39 Å². The lowest BCUT2D eigenvalue weighted by Gasteiger charge is -2.06. The summed E-state index contributed by atoms with van der Waals surface area (Å²) in [6.07, 6.45) is -4.41. The minimum atomic E-state index is -4.41. The third kappa shape index (κ3) is 1.57. The molecule has 0 unspecified atom stereocenters. The van der Waals surface area contributed by atoms with Gasteiger partial charge in [-0.25, -0.2) is 0 Å². The summed E-state index contributed by atoms with van der Waals surface area (Å²) in [6.45, 7) is 1.80. The molecule has 5 heteroatoms. The van der Waals surface area contributed by atoms with Gasteiger partial charge in [0.2, 0.25) is 0 Å². The SMILES string of the molecule is Cc1c(CN)oc2c(C(F)(F)F)cccc12. The molecule has 1 heterocycles. The smallest absolute Gasteiger partial charge is 0.420 e. The molecule has 0 aliphatic rings. The lowest BCUT2D eigenvalue weighted by atomic mass is 10.1. The Morgan fingerprint density at radius 2 is 2.00 bits per heavy atom. The summed E-state index contributed by atoms with van der Waals surface area (Å²) in [6, 6.07) is 3.97. The average Bonchev–Trinajstić information content (AvgIpc) is 2.54. The molecule has 1 aromatic carbocycles. The van der Waals surface area contributed by atoms with Crippen LogP contribution in [0, 0.1) is 6.92 Å². The molecule has 0 bridgehead atoms. The highest BCUT2D eigenvalue weighted by Gasteiger charge is 2.34. The fourth-order valence-electron chi connectivity index (χ4n) is 1.71. The third-order valence-corrected chi connectivity index (χ3v) is 2.55.